The van der Waals surface area contributed by atoms with Crippen molar-refractivity contribution < 1.29 is 4.79 Å². The molecule has 2 atom stereocenters. The fraction of sp³-hybridized carbons (Fsp3) is 0.929. The Kier molecular flexibility index (Phi) is 5.37. The molecule has 0 aromatic rings. The average Bonchev–Trinajstić information content (AvgIpc) is 2.78. The van der Waals surface area contributed by atoms with Crippen LogP contribution in [0.4, 0.5) is 0 Å². The van der Waals surface area contributed by atoms with E-state index in [-0.39, 0.29) is 0 Å². The van der Waals surface area contributed by atoms with E-state index in [1.54, 1.807) is 0 Å². The molecule has 2 aliphatic heterocycles. The van der Waals surface area contributed by atoms with Gasteiger partial charge >= 0.3 is 0 Å². The number of nitrogens with zero attached hydrogens (tertiary/aromatic N) is 1. The summed E-state index contributed by atoms with van der Waals surface area (Å²) in [5.74, 6) is 4.13. The summed E-state index contributed by atoms with van der Waals surface area (Å²) in [5, 5.41) is 3.45. The van der Waals surface area contributed by atoms with Gasteiger partial charge in [-0.1, -0.05) is 13.8 Å². The third-order valence-electron chi connectivity index (χ3n) is 3.86. The Bertz CT molecular complexity index is 277. The van der Waals surface area contributed by atoms with Crippen LogP contribution in [-0.2, 0) is 4.79 Å². The molecule has 0 saturated carbocycles. The van der Waals surface area contributed by atoms with Crippen molar-refractivity contribution in [1.82, 2.24) is 10.2 Å². The zero-order valence-electron chi connectivity index (χ0n) is 11.7. The monoisotopic (exact) mass is 270 g/mol. The highest BCUT2D eigenvalue weighted by atomic mass is 32.2. The fourth-order valence-electron chi connectivity index (χ4n) is 3.01. The molecule has 2 fully saturated rings. The molecule has 2 rings (SSSR count). The normalized spacial score (nSPS) is 28.9. The van der Waals surface area contributed by atoms with Crippen molar-refractivity contribution in [3.05, 3.63) is 0 Å². The molecule has 0 aromatic carbocycles. The van der Waals surface area contributed by atoms with Gasteiger partial charge in [0.15, 0.2) is 0 Å². The summed E-state index contributed by atoms with van der Waals surface area (Å²) in [6.07, 6.45) is 3.17. The minimum Gasteiger partial charge on any atom is -0.342 e. The van der Waals surface area contributed by atoms with Crippen LogP contribution in [0.5, 0.6) is 0 Å². The Hall–Kier alpha value is -0.220. The maximum atomic E-state index is 12.2. The maximum absolute atomic E-state index is 12.2. The van der Waals surface area contributed by atoms with E-state index < -0.39 is 0 Å². The first kappa shape index (κ1) is 14.2. The lowest BCUT2D eigenvalue weighted by molar-refractivity contribution is -0.130. The minimum atomic E-state index is 0.362. The zero-order chi connectivity index (χ0) is 13.0. The van der Waals surface area contributed by atoms with Crippen molar-refractivity contribution in [3.63, 3.8) is 0 Å². The number of hydrogen-bond acceptors (Lipinski definition) is 3. The van der Waals surface area contributed by atoms with Crippen LogP contribution in [0.2, 0.25) is 0 Å². The van der Waals surface area contributed by atoms with Gasteiger partial charge < -0.3 is 10.2 Å². The number of hydrogen-bond donors (Lipinski definition) is 1. The second-order valence-electron chi connectivity index (χ2n) is 6.05. The molecule has 3 nitrogen and oxygen atoms in total. The summed E-state index contributed by atoms with van der Waals surface area (Å²) in [4.78, 5) is 14.3. The Labute approximate surface area is 115 Å². The van der Waals surface area contributed by atoms with Crippen molar-refractivity contribution in [2.24, 2.45) is 11.8 Å². The van der Waals surface area contributed by atoms with E-state index in [0.717, 1.165) is 37.2 Å². The van der Waals surface area contributed by atoms with Gasteiger partial charge in [0.1, 0.15) is 0 Å². The second kappa shape index (κ2) is 6.80. The summed E-state index contributed by atoms with van der Waals surface area (Å²) in [6, 6.07) is 0.403. The predicted molar refractivity (Wildman–Crippen MR) is 77.9 cm³/mol. The van der Waals surface area contributed by atoms with E-state index >= 15 is 0 Å². The van der Waals surface area contributed by atoms with Crippen molar-refractivity contribution in [2.75, 3.05) is 31.1 Å². The largest absolute Gasteiger partial charge is 0.342 e. The van der Waals surface area contributed by atoms with Crippen LogP contribution in [0.15, 0.2) is 0 Å². The quantitative estimate of drug-likeness (QED) is 0.848. The molecule has 4 heteroatoms. The Balaban J connectivity index is 1.73. The molecular formula is C14H26N2OS. The first-order valence-electron chi connectivity index (χ1n) is 7.24. The minimum absolute atomic E-state index is 0.362. The van der Waals surface area contributed by atoms with Crippen LogP contribution in [0.25, 0.3) is 0 Å². The summed E-state index contributed by atoms with van der Waals surface area (Å²) >= 11 is 1.96. The van der Waals surface area contributed by atoms with Gasteiger partial charge in [0.2, 0.25) is 5.91 Å². The molecule has 2 saturated heterocycles. The molecule has 104 valence electrons. The lowest BCUT2D eigenvalue weighted by atomic mass is 9.97. The van der Waals surface area contributed by atoms with E-state index in [1.807, 2.05) is 11.8 Å². The lowest BCUT2D eigenvalue weighted by Crippen LogP contribution is -2.42. The van der Waals surface area contributed by atoms with Gasteiger partial charge in [-0.2, -0.15) is 11.8 Å². The number of rotatable bonds is 4. The maximum Gasteiger partial charge on any atom is 0.224 e. The van der Waals surface area contributed by atoms with Crippen molar-refractivity contribution in [3.8, 4) is 0 Å². The van der Waals surface area contributed by atoms with Gasteiger partial charge in [-0.25, -0.2) is 0 Å². The van der Waals surface area contributed by atoms with Gasteiger partial charge in [-0.3, -0.25) is 4.79 Å². The van der Waals surface area contributed by atoms with Crippen molar-refractivity contribution in [1.29, 1.82) is 0 Å². The third kappa shape index (κ3) is 4.16. The molecule has 0 aromatic heterocycles. The van der Waals surface area contributed by atoms with E-state index in [0.29, 0.717) is 18.4 Å². The molecule has 2 unspecified atom stereocenters. The molecule has 0 radical (unpaired) electrons. The molecule has 1 N–H and O–H groups in total. The second-order valence-corrected chi connectivity index (χ2v) is 7.20. The Morgan fingerprint density at radius 1 is 1.50 bits per heavy atom. The standard InChI is InChI=1S/C14H26N2OS/c1-11(2)7-12-3-5-16(9-12)14(17)8-13-10-18-6-4-15-13/h11-13,15H,3-10H2,1-2H3. The van der Waals surface area contributed by atoms with Crippen molar-refractivity contribution >= 4 is 17.7 Å². The third-order valence-corrected chi connectivity index (χ3v) is 4.99. The van der Waals surface area contributed by atoms with Crippen LogP contribution in [0.1, 0.15) is 33.1 Å². The molecule has 2 heterocycles. The molecular weight excluding hydrogens is 244 g/mol. The summed E-state index contributed by atoms with van der Waals surface area (Å²) in [5.41, 5.74) is 0. The van der Waals surface area contributed by atoms with E-state index in [4.69, 9.17) is 0 Å². The molecule has 2 aliphatic rings. The molecule has 0 bridgehead atoms. The highest BCUT2D eigenvalue weighted by Crippen LogP contribution is 2.24. The predicted octanol–water partition coefficient (Wildman–Crippen LogP) is 1.98. The summed E-state index contributed by atoms with van der Waals surface area (Å²) in [7, 11) is 0. The number of carbonyl (C=O) groups excluding carboxylic acids is 1. The van der Waals surface area contributed by atoms with Crippen LogP contribution < -0.4 is 5.32 Å². The smallest absolute Gasteiger partial charge is 0.224 e. The number of amides is 1. The summed E-state index contributed by atoms with van der Waals surface area (Å²) < 4.78 is 0. The number of nitrogens with one attached hydrogen (secondary N) is 1. The zero-order valence-corrected chi connectivity index (χ0v) is 12.5. The van der Waals surface area contributed by atoms with Crippen LogP contribution in [0, 0.1) is 11.8 Å². The van der Waals surface area contributed by atoms with E-state index in [9.17, 15) is 4.79 Å². The SMILES string of the molecule is CC(C)CC1CCN(C(=O)CC2CSCCN2)C1. The summed E-state index contributed by atoms with van der Waals surface area (Å²) in [6.45, 7) is 7.58. The highest BCUT2D eigenvalue weighted by Gasteiger charge is 2.28. The Morgan fingerprint density at radius 2 is 2.33 bits per heavy atom. The van der Waals surface area contributed by atoms with Crippen LogP contribution >= 0.6 is 11.8 Å². The first-order chi connectivity index (χ1) is 8.65. The van der Waals surface area contributed by atoms with Crippen LogP contribution in [-0.4, -0.2) is 48.0 Å². The van der Waals surface area contributed by atoms with E-state index in [1.165, 1.54) is 18.6 Å². The number of thioether (sulfide) groups is 1. The van der Waals surface area contributed by atoms with E-state index in [2.05, 4.69) is 24.1 Å². The van der Waals surface area contributed by atoms with Gasteiger partial charge in [-0.15, -0.1) is 0 Å². The number of carbonyl (C=O) groups is 1. The molecule has 1 amide bonds. The fourth-order valence-corrected chi connectivity index (χ4v) is 3.96. The van der Waals surface area contributed by atoms with Gasteiger partial charge in [-0.05, 0) is 24.7 Å². The molecule has 18 heavy (non-hydrogen) atoms. The molecule has 0 aliphatic carbocycles. The highest BCUT2D eigenvalue weighted by molar-refractivity contribution is 7.99. The molecule has 0 spiro atoms. The number of likely N-dealkylation sites (tertiary alicyclic amines) is 1. The average molecular weight is 270 g/mol. The van der Waals surface area contributed by atoms with Crippen LogP contribution in [0.3, 0.4) is 0 Å². The lowest BCUT2D eigenvalue weighted by Gasteiger charge is -2.25. The first-order valence-corrected chi connectivity index (χ1v) is 8.39. The van der Waals surface area contributed by atoms with Crippen molar-refractivity contribution in [2.45, 2.75) is 39.2 Å². The van der Waals surface area contributed by atoms with Gasteiger partial charge in [0.05, 0.1) is 0 Å². The topological polar surface area (TPSA) is 32.3 Å². The van der Waals surface area contributed by atoms with Gasteiger partial charge in [0, 0.05) is 43.6 Å². The van der Waals surface area contributed by atoms with Gasteiger partial charge in [0.25, 0.3) is 0 Å². The Morgan fingerprint density at radius 3 is 3.00 bits per heavy atom.